The minimum Gasteiger partial charge on any atom is -0.475 e. The molecule has 3 heterocycles. The lowest BCUT2D eigenvalue weighted by molar-refractivity contribution is -0.121. The highest BCUT2D eigenvalue weighted by molar-refractivity contribution is 5.78. The van der Waals surface area contributed by atoms with Gasteiger partial charge in [-0.2, -0.15) is 0 Å². The third kappa shape index (κ3) is 3.98. The van der Waals surface area contributed by atoms with Gasteiger partial charge in [0.1, 0.15) is 0 Å². The number of aromatic nitrogens is 3. The summed E-state index contributed by atoms with van der Waals surface area (Å²) in [5.74, 6) is 1.30. The summed E-state index contributed by atoms with van der Waals surface area (Å²) in [5, 5.41) is 3.08. The minimum absolute atomic E-state index is 0.0130. The average molecular weight is 327 g/mol. The number of rotatable bonds is 6. The van der Waals surface area contributed by atoms with Gasteiger partial charge in [0.2, 0.25) is 5.91 Å². The fraction of sp³-hybridized carbons (Fsp3) is 0.412. The van der Waals surface area contributed by atoms with E-state index in [1.807, 2.05) is 19.1 Å². The highest BCUT2D eigenvalue weighted by Gasteiger charge is 2.27. The van der Waals surface area contributed by atoms with Crippen LogP contribution in [0.2, 0.25) is 0 Å². The molecule has 3 rings (SSSR count). The van der Waals surface area contributed by atoms with Gasteiger partial charge in [-0.25, -0.2) is 9.97 Å². The Hall–Kier alpha value is -2.70. The van der Waals surface area contributed by atoms with Crippen LogP contribution in [-0.2, 0) is 11.2 Å². The highest BCUT2D eigenvalue weighted by Crippen LogP contribution is 2.26. The Morgan fingerprint density at radius 3 is 3.04 bits per heavy atom. The minimum atomic E-state index is 0.0130. The smallest absolute Gasteiger partial charge is 0.257 e. The van der Waals surface area contributed by atoms with Crippen molar-refractivity contribution < 1.29 is 9.53 Å². The van der Waals surface area contributed by atoms with Gasteiger partial charge in [-0.05, 0) is 25.0 Å². The van der Waals surface area contributed by atoms with Gasteiger partial charge in [0.15, 0.2) is 5.82 Å². The molecule has 1 amide bonds. The molecule has 1 fully saturated rings. The summed E-state index contributed by atoms with van der Waals surface area (Å²) in [5.41, 5.74) is 0.914. The summed E-state index contributed by atoms with van der Waals surface area (Å²) in [7, 11) is 0. The molecule has 7 nitrogen and oxygen atoms in total. The normalized spacial score (nSPS) is 16.9. The molecule has 0 spiro atoms. The zero-order valence-electron chi connectivity index (χ0n) is 13.7. The lowest BCUT2D eigenvalue weighted by Crippen LogP contribution is -2.38. The van der Waals surface area contributed by atoms with Crippen molar-refractivity contribution in [1.29, 1.82) is 0 Å². The van der Waals surface area contributed by atoms with Gasteiger partial charge in [0.25, 0.3) is 5.88 Å². The monoisotopic (exact) mass is 327 g/mol. The van der Waals surface area contributed by atoms with Crippen molar-refractivity contribution in [3.63, 3.8) is 0 Å². The number of ether oxygens (including phenoxy) is 1. The summed E-state index contributed by atoms with van der Waals surface area (Å²) < 4.78 is 5.54. The molecule has 0 aromatic carbocycles. The van der Waals surface area contributed by atoms with Crippen LogP contribution in [0.5, 0.6) is 5.88 Å². The van der Waals surface area contributed by atoms with Crippen LogP contribution in [0.25, 0.3) is 0 Å². The molecule has 0 radical (unpaired) electrons. The first-order valence-electron chi connectivity index (χ1n) is 8.13. The summed E-state index contributed by atoms with van der Waals surface area (Å²) in [6.45, 7) is 3.99. The lowest BCUT2D eigenvalue weighted by atomic mass is 10.2. The van der Waals surface area contributed by atoms with Crippen LogP contribution in [0, 0.1) is 0 Å². The molecule has 2 aromatic rings. The molecule has 126 valence electrons. The fourth-order valence-corrected chi connectivity index (χ4v) is 2.81. The predicted octanol–water partition coefficient (Wildman–Crippen LogP) is 1.21. The Balaban J connectivity index is 1.57. The second-order valence-electron chi connectivity index (χ2n) is 5.66. The van der Waals surface area contributed by atoms with E-state index in [2.05, 4.69) is 25.2 Å². The average Bonchev–Trinajstić information content (AvgIpc) is 3.04. The molecule has 1 aliphatic heterocycles. The highest BCUT2D eigenvalue weighted by atomic mass is 16.5. The maximum absolute atomic E-state index is 12.2. The van der Waals surface area contributed by atoms with Crippen LogP contribution in [0.4, 0.5) is 5.82 Å². The van der Waals surface area contributed by atoms with Crippen LogP contribution in [0.3, 0.4) is 0 Å². The largest absolute Gasteiger partial charge is 0.475 e. The molecule has 24 heavy (non-hydrogen) atoms. The van der Waals surface area contributed by atoms with Crippen LogP contribution in [-0.4, -0.2) is 46.6 Å². The van der Waals surface area contributed by atoms with Crippen LogP contribution in [0.1, 0.15) is 18.9 Å². The number of carbonyl (C=O) groups excluding carboxylic acids is 1. The van der Waals surface area contributed by atoms with Gasteiger partial charge in [-0.1, -0.05) is 6.07 Å². The molecular weight excluding hydrogens is 306 g/mol. The van der Waals surface area contributed by atoms with Gasteiger partial charge in [-0.3, -0.25) is 9.78 Å². The van der Waals surface area contributed by atoms with E-state index >= 15 is 0 Å². The van der Waals surface area contributed by atoms with Crippen molar-refractivity contribution >= 4 is 11.7 Å². The maximum atomic E-state index is 12.2. The molecule has 1 saturated heterocycles. The second kappa shape index (κ2) is 7.72. The van der Waals surface area contributed by atoms with Crippen molar-refractivity contribution in [2.45, 2.75) is 25.8 Å². The molecule has 0 aliphatic carbocycles. The van der Waals surface area contributed by atoms with E-state index in [4.69, 9.17) is 4.74 Å². The Labute approximate surface area is 141 Å². The Morgan fingerprint density at radius 1 is 1.38 bits per heavy atom. The first-order valence-corrected chi connectivity index (χ1v) is 8.13. The Morgan fingerprint density at radius 2 is 2.25 bits per heavy atom. The van der Waals surface area contributed by atoms with Crippen molar-refractivity contribution in [2.75, 3.05) is 24.6 Å². The number of nitrogens with zero attached hydrogens (tertiary/aromatic N) is 4. The van der Waals surface area contributed by atoms with Crippen molar-refractivity contribution in [3.8, 4) is 5.88 Å². The quantitative estimate of drug-likeness (QED) is 0.859. The van der Waals surface area contributed by atoms with Crippen molar-refractivity contribution in [1.82, 2.24) is 20.3 Å². The van der Waals surface area contributed by atoms with Crippen LogP contribution >= 0.6 is 0 Å². The standard InChI is InChI=1S/C17H21N5O2/c1-2-24-17-16(19-7-8-20-17)22-9-5-14(12-22)21-15(23)10-13-4-3-6-18-11-13/h3-4,6-8,11,14H,2,5,9-10,12H2,1H3,(H,21,23)/t14-/m0/s1. The zero-order chi connectivity index (χ0) is 16.8. The molecular formula is C17H21N5O2. The number of amides is 1. The number of hydrogen-bond acceptors (Lipinski definition) is 6. The van der Waals surface area contributed by atoms with Crippen molar-refractivity contribution in [2.24, 2.45) is 0 Å². The number of carbonyl (C=O) groups is 1. The third-order valence-corrected chi connectivity index (χ3v) is 3.87. The SMILES string of the molecule is CCOc1nccnc1N1CC[C@H](NC(=O)Cc2cccnc2)C1. The Kier molecular flexibility index (Phi) is 5.20. The van der Waals surface area contributed by atoms with Crippen molar-refractivity contribution in [3.05, 3.63) is 42.5 Å². The summed E-state index contributed by atoms with van der Waals surface area (Å²) in [4.78, 5) is 26.9. The van der Waals surface area contributed by atoms with E-state index in [1.165, 1.54) is 0 Å². The summed E-state index contributed by atoms with van der Waals surface area (Å²) in [6.07, 6.45) is 7.92. The van der Waals surface area contributed by atoms with E-state index in [1.54, 1.807) is 24.8 Å². The van der Waals surface area contributed by atoms with Crippen LogP contribution < -0.4 is 15.0 Å². The van der Waals surface area contributed by atoms with E-state index in [-0.39, 0.29) is 11.9 Å². The molecule has 7 heteroatoms. The first-order chi connectivity index (χ1) is 11.8. The van der Waals surface area contributed by atoms with E-state index in [9.17, 15) is 4.79 Å². The topological polar surface area (TPSA) is 80.2 Å². The third-order valence-electron chi connectivity index (χ3n) is 3.87. The van der Waals surface area contributed by atoms with E-state index in [0.29, 0.717) is 25.5 Å². The summed E-state index contributed by atoms with van der Waals surface area (Å²) in [6, 6.07) is 3.84. The van der Waals surface area contributed by atoms with E-state index in [0.717, 1.165) is 24.3 Å². The van der Waals surface area contributed by atoms with Gasteiger partial charge in [-0.15, -0.1) is 0 Å². The Bertz CT molecular complexity index is 680. The number of pyridine rings is 1. The van der Waals surface area contributed by atoms with Gasteiger partial charge in [0, 0.05) is 43.9 Å². The number of hydrogen-bond donors (Lipinski definition) is 1. The number of nitrogens with one attached hydrogen (secondary N) is 1. The second-order valence-corrected chi connectivity index (χ2v) is 5.66. The zero-order valence-corrected chi connectivity index (χ0v) is 13.7. The fourth-order valence-electron chi connectivity index (χ4n) is 2.81. The lowest BCUT2D eigenvalue weighted by Gasteiger charge is -2.19. The predicted molar refractivity (Wildman–Crippen MR) is 89.9 cm³/mol. The first kappa shape index (κ1) is 16.2. The molecule has 2 aromatic heterocycles. The maximum Gasteiger partial charge on any atom is 0.257 e. The molecule has 1 atom stereocenters. The molecule has 1 N–H and O–H groups in total. The van der Waals surface area contributed by atoms with Crippen LogP contribution in [0.15, 0.2) is 36.9 Å². The van der Waals surface area contributed by atoms with E-state index < -0.39 is 0 Å². The van der Waals surface area contributed by atoms with Gasteiger partial charge < -0.3 is 15.0 Å². The summed E-state index contributed by atoms with van der Waals surface area (Å²) >= 11 is 0. The molecule has 1 aliphatic rings. The van der Waals surface area contributed by atoms with Gasteiger partial charge >= 0.3 is 0 Å². The molecule has 0 unspecified atom stereocenters. The van der Waals surface area contributed by atoms with Gasteiger partial charge in [0.05, 0.1) is 13.0 Å². The molecule has 0 bridgehead atoms. The number of anilines is 1. The molecule has 0 saturated carbocycles.